The van der Waals surface area contributed by atoms with E-state index in [0.29, 0.717) is 13.0 Å². The highest BCUT2D eigenvalue weighted by Crippen LogP contribution is 2.15. The van der Waals surface area contributed by atoms with Gasteiger partial charge in [0.05, 0.1) is 13.2 Å². The Balaban J connectivity index is 2.49. The monoisotopic (exact) mass is 229 g/mol. The number of hydrogen-bond donors (Lipinski definition) is 0. The summed E-state index contributed by atoms with van der Waals surface area (Å²) >= 11 is 0. The third-order valence-electron chi connectivity index (χ3n) is 2.22. The lowest BCUT2D eigenvalue weighted by atomic mass is 9.97. The minimum absolute atomic E-state index is 0.0525. The zero-order valence-electron chi connectivity index (χ0n) is 9.39. The van der Waals surface area contributed by atoms with Gasteiger partial charge in [0.25, 0.3) is 0 Å². The molecule has 0 saturated carbocycles. The fourth-order valence-electron chi connectivity index (χ4n) is 1.55. The standard InChI is InChI=1S/C10H15NO5/c1-3-15-10(14)8-4-5-11(6-9(8)13)16-7(2)12/h8H,3-6H2,1-2H3. The van der Waals surface area contributed by atoms with Crippen LogP contribution in [-0.4, -0.2) is 42.5 Å². The van der Waals surface area contributed by atoms with Gasteiger partial charge in [0, 0.05) is 13.5 Å². The van der Waals surface area contributed by atoms with E-state index in [0.717, 1.165) is 0 Å². The van der Waals surface area contributed by atoms with E-state index in [-0.39, 0.29) is 18.9 Å². The zero-order chi connectivity index (χ0) is 12.1. The number of ether oxygens (including phenoxy) is 1. The van der Waals surface area contributed by atoms with E-state index in [1.54, 1.807) is 6.92 Å². The molecule has 0 aromatic heterocycles. The van der Waals surface area contributed by atoms with Crippen molar-refractivity contribution in [3.8, 4) is 0 Å². The van der Waals surface area contributed by atoms with Crippen LogP contribution >= 0.6 is 0 Å². The Morgan fingerprint density at radius 3 is 2.69 bits per heavy atom. The summed E-state index contributed by atoms with van der Waals surface area (Å²) in [5.41, 5.74) is 0. The van der Waals surface area contributed by atoms with E-state index in [1.165, 1.54) is 12.0 Å². The molecule has 0 radical (unpaired) electrons. The van der Waals surface area contributed by atoms with Crippen molar-refractivity contribution < 1.29 is 24.0 Å². The van der Waals surface area contributed by atoms with E-state index < -0.39 is 17.9 Å². The summed E-state index contributed by atoms with van der Waals surface area (Å²) in [4.78, 5) is 38.4. The SMILES string of the molecule is CCOC(=O)C1CCN(OC(C)=O)CC1=O. The highest BCUT2D eigenvalue weighted by molar-refractivity contribution is 6.00. The van der Waals surface area contributed by atoms with Gasteiger partial charge in [0.2, 0.25) is 0 Å². The van der Waals surface area contributed by atoms with Crippen molar-refractivity contribution >= 4 is 17.7 Å². The Morgan fingerprint density at radius 1 is 1.50 bits per heavy atom. The van der Waals surface area contributed by atoms with Crippen molar-refractivity contribution in [3.63, 3.8) is 0 Å². The number of ketones is 1. The topological polar surface area (TPSA) is 72.9 Å². The Kier molecular flexibility index (Phi) is 4.42. The Hall–Kier alpha value is -1.43. The van der Waals surface area contributed by atoms with Gasteiger partial charge >= 0.3 is 11.9 Å². The Bertz CT molecular complexity index is 302. The number of carbonyl (C=O) groups excluding carboxylic acids is 3. The lowest BCUT2D eigenvalue weighted by molar-refractivity contribution is -0.195. The molecule has 16 heavy (non-hydrogen) atoms. The predicted molar refractivity (Wildman–Crippen MR) is 53.1 cm³/mol. The summed E-state index contributed by atoms with van der Waals surface area (Å²) in [6.45, 7) is 3.53. The molecule has 0 aromatic rings. The van der Waals surface area contributed by atoms with Crippen LogP contribution in [0.4, 0.5) is 0 Å². The van der Waals surface area contributed by atoms with Crippen molar-refractivity contribution in [1.29, 1.82) is 0 Å². The maximum Gasteiger partial charge on any atom is 0.322 e. The maximum absolute atomic E-state index is 11.6. The van der Waals surface area contributed by atoms with E-state index in [1.807, 2.05) is 0 Å². The molecule has 1 rings (SSSR count). The quantitative estimate of drug-likeness (QED) is 0.498. The van der Waals surface area contributed by atoms with Gasteiger partial charge in [-0.15, -0.1) is 5.06 Å². The first-order chi connectivity index (χ1) is 7.54. The molecule has 0 spiro atoms. The second kappa shape index (κ2) is 5.60. The highest BCUT2D eigenvalue weighted by Gasteiger charge is 2.34. The van der Waals surface area contributed by atoms with Crippen LogP contribution in [0.5, 0.6) is 0 Å². The third kappa shape index (κ3) is 3.30. The molecule has 0 aliphatic carbocycles. The van der Waals surface area contributed by atoms with E-state index in [9.17, 15) is 14.4 Å². The van der Waals surface area contributed by atoms with Crippen molar-refractivity contribution in [2.24, 2.45) is 5.92 Å². The van der Waals surface area contributed by atoms with Gasteiger partial charge in [-0.25, -0.2) is 0 Å². The number of hydroxylamine groups is 2. The first-order valence-electron chi connectivity index (χ1n) is 5.17. The van der Waals surface area contributed by atoms with Gasteiger partial charge < -0.3 is 9.57 Å². The van der Waals surface area contributed by atoms with Gasteiger partial charge in [-0.2, -0.15) is 0 Å². The summed E-state index contributed by atoms with van der Waals surface area (Å²) in [7, 11) is 0. The second-order valence-corrected chi connectivity index (χ2v) is 3.51. The van der Waals surface area contributed by atoms with Crippen LogP contribution in [0.1, 0.15) is 20.3 Å². The van der Waals surface area contributed by atoms with Crippen molar-refractivity contribution in [1.82, 2.24) is 5.06 Å². The summed E-state index contributed by atoms with van der Waals surface area (Å²) in [6, 6.07) is 0. The average molecular weight is 229 g/mol. The van der Waals surface area contributed by atoms with Crippen LogP contribution in [0.25, 0.3) is 0 Å². The van der Waals surface area contributed by atoms with Crippen LogP contribution in [0, 0.1) is 5.92 Å². The van der Waals surface area contributed by atoms with Gasteiger partial charge in [-0.1, -0.05) is 0 Å². The number of hydrogen-bond acceptors (Lipinski definition) is 6. The highest BCUT2D eigenvalue weighted by atomic mass is 16.7. The van der Waals surface area contributed by atoms with Gasteiger partial charge in [0.1, 0.15) is 5.92 Å². The first kappa shape index (κ1) is 12.6. The molecule has 1 aliphatic heterocycles. The van der Waals surface area contributed by atoms with E-state index >= 15 is 0 Å². The molecule has 1 aliphatic rings. The normalized spacial score (nSPS) is 21.6. The minimum atomic E-state index is -0.716. The number of nitrogens with zero attached hydrogens (tertiary/aromatic N) is 1. The number of piperidine rings is 1. The number of Topliss-reactive ketones (excluding diaryl/α,β-unsaturated/α-hetero) is 1. The molecule has 0 bridgehead atoms. The number of rotatable bonds is 3. The van der Waals surface area contributed by atoms with Crippen LogP contribution in [0.3, 0.4) is 0 Å². The van der Waals surface area contributed by atoms with Crippen molar-refractivity contribution in [2.75, 3.05) is 19.7 Å². The molecule has 1 fully saturated rings. The van der Waals surface area contributed by atoms with Gasteiger partial charge in [-0.3, -0.25) is 14.4 Å². The summed E-state index contributed by atoms with van der Waals surface area (Å²) in [6.07, 6.45) is 0.324. The number of carbonyl (C=O) groups is 3. The lowest BCUT2D eigenvalue weighted by Gasteiger charge is -2.27. The van der Waals surface area contributed by atoms with Crippen molar-refractivity contribution in [2.45, 2.75) is 20.3 Å². The molecule has 1 unspecified atom stereocenters. The van der Waals surface area contributed by atoms with Gasteiger partial charge in [-0.05, 0) is 13.3 Å². The van der Waals surface area contributed by atoms with E-state index in [4.69, 9.17) is 9.57 Å². The summed E-state index contributed by atoms with van der Waals surface area (Å²) in [5, 5.41) is 1.26. The molecule has 6 nitrogen and oxygen atoms in total. The molecule has 1 atom stereocenters. The third-order valence-corrected chi connectivity index (χ3v) is 2.22. The molecule has 0 N–H and O–H groups in total. The summed E-state index contributed by atoms with van der Waals surface area (Å²) < 4.78 is 4.78. The largest absolute Gasteiger partial charge is 0.465 e. The van der Waals surface area contributed by atoms with Crippen LogP contribution in [-0.2, 0) is 24.0 Å². The Morgan fingerprint density at radius 2 is 2.19 bits per heavy atom. The molecule has 1 heterocycles. The van der Waals surface area contributed by atoms with Crippen LogP contribution in [0.2, 0.25) is 0 Å². The van der Waals surface area contributed by atoms with Gasteiger partial charge in [0.15, 0.2) is 5.78 Å². The van der Waals surface area contributed by atoms with E-state index in [2.05, 4.69) is 0 Å². The van der Waals surface area contributed by atoms with Crippen LogP contribution < -0.4 is 0 Å². The average Bonchev–Trinajstić information content (AvgIpc) is 2.16. The summed E-state index contributed by atoms with van der Waals surface area (Å²) in [5.74, 6) is -1.95. The fourth-order valence-corrected chi connectivity index (χ4v) is 1.55. The molecule has 6 heteroatoms. The van der Waals surface area contributed by atoms with Crippen LogP contribution in [0.15, 0.2) is 0 Å². The minimum Gasteiger partial charge on any atom is -0.465 e. The Labute approximate surface area is 93.4 Å². The molecule has 90 valence electrons. The molecular weight excluding hydrogens is 214 g/mol. The fraction of sp³-hybridized carbons (Fsp3) is 0.700. The zero-order valence-corrected chi connectivity index (χ0v) is 9.39. The first-order valence-corrected chi connectivity index (χ1v) is 5.17. The number of esters is 1. The molecule has 0 aromatic carbocycles. The molecular formula is C10H15NO5. The lowest BCUT2D eigenvalue weighted by Crippen LogP contribution is -2.44. The second-order valence-electron chi connectivity index (χ2n) is 3.51. The maximum atomic E-state index is 11.6. The predicted octanol–water partition coefficient (Wildman–Crippen LogP) is -0.0814. The van der Waals surface area contributed by atoms with Crippen molar-refractivity contribution in [3.05, 3.63) is 0 Å². The molecule has 0 amide bonds. The smallest absolute Gasteiger partial charge is 0.322 e. The molecule has 1 saturated heterocycles.